The predicted octanol–water partition coefficient (Wildman–Crippen LogP) is 4.58. The predicted molar refractivity (Wildman–Crippen MR) is 77.6 cm³/mol. The minimum Gasteiger partial charge on any atom is -0.351 e. The van der Waals surface area contributed by atoms with Crippen molar-refractivity contribution in [1.82, 2.24) is 5.32 Å². The van der Waals surface area contributed by atoms with Crippen molar-refractivity contribution in [3.8, 4) is 0 Å². The Hall–Kier alpha value is -0.530. The van der Waals surface area contributed by atoms with Crippen molar-refractivity contribution in [2.24, 2.45) is 0 Å². The fourth-order valence-corrected chi connectivity index (χ4v) is 3.12. The van der Waals surface area contributed by atoms with E-state index in [0.717, 1.165) is 12.8 Å². The molecule has 0 heterocycles. The van der Waals surface area contributed by atoms with Crippen molar-refractivity contribution >= 4 is 5.91 Å². The summed E-state index contributed by atoms with van der Waals surface area (Å²) in [6.07, 6.45) is 15.9. The summed E-state index contributed by atoms with van der Waals surface area (Å²) in [5.74, 6) is 0.127. The quantitative estimate of drug-likeness (QED) is 0.728. The van der Waals surface area contributed by atoms with Crippen LogP contribution >= 0.6 is 0 Å². The molecule has 0 aromatic heterocycles. The second-order valence-electron chi connectivity index (χ2n) is 6.28. The molecule has 1 fully saturated rings. The number of hydrogen-bond donors (Lipinski definition) is 1. The fraction of sp³-hybridized carbons (Fsp3) is 0.938. The Balaban J connectivity index is 2.44. The van der Waals surface area contributed by atoms with E-state index in [1.165, 1.54) is 64.2 Å². The van der Waals surface area contributed by atoms with Gasteiger partial charge in [0, 0.05) is 12.5 Å². The largest absolute Gasteiger partial charge is 0.351 e. The molecule has 2 nitrogen and oxygen atoms in total. The molecule has 0 aliphatic heterocycles. The van der Waals surface area contributed by atoms with Crippen molar-refractivity contribution in [3.63, 3.8) is 0 Å². The van der Waals surface area contributed by atoms with Crippen LogP contribution in [-0.4, -0.2) is 11.4 Å². The van der Waals surface area contributed by atoms with E-state index < -0.39 is 0 Å². The van der Waals surface area contributed by atoms with E-state index in [-0.39, 0.29) is 11.4 Å². The van der Waals surface area contributed by atoms with Crippen molar-refractivity contribution in [1.29, 1.82) is 0 Å². The standard InChI is InChI=1S/C16H31NO/c1-15(18)17-16(2)13-11-9-7-5-3-4-6-8-10-12-14-16/h3-14H2,1-2H3,(H,17,18). The molecular weight excluding hydrogens is 222 g/mol. The summed E-state index contributed by atoms with van der Waals surface area (Å²) in [5.41, 5.74) is 0.0416. The van der Waals surface area contributed by atoms with Gasteiger partial charge in [-0.1, -0.05) is 64.2 Å². The Morgan fingerprint density at radius 3 is 1.44 bits per heavy atom. The zero-order valence-electron chi connectivity index (χ0n) is 12.4. The molecule has 0 spiro atoms. The lowest BCUT2D eigenvalue weighted by Crippen LogP contribution is -2.44. The molecule has 0 unspecified atom stereocenters. The molecule has 0 aromatic carbocycles. The number of amides is 1. The van der Waals surface area contributed by atoms with Gasteiger partial charge in [0.25, 0.3) is 0 Å². The highest BCUT2D eigenvalue weighted by atomic mass is 16.1. The maximum atomic E-state index is 11.3. The summed E-state index contributed by atoms with van der Waals surface area (Å²) in [6, 6.07) is 0. The molecule has 1 aliphatic rings. The molecule has 0 saturated heterocycles. The van der Waals surface area contributed by atoms with E-state index in [1.807, 2.05) is 0 Å². The van der Waals surface area contributed by atoms with Gasteiger partial charge < -0.3 is 5.32 Å². The van der Waals surface area contributed by atoms with E-state index in [1.54, 1.807) is 6.92 Å². The molecule has 1 rings (SSSR count). The Labute approximate surface area is 113 Å². The van der Waals surface area contributed by atoms with Gasteiger partial charge in [0.05, 0.1) is 0 Å². The molecule has 1 saturated carbocycles. The van der Waals surface area contributed by atoms with Crippen LogP contribution in [0.3, 0.4) is 0 Å². The van der Waals surface area contributed by atoms with Crippen LogP contribution in [0.1, 0.15) is 90.9 Å². The maximum absolute atomic E-state index is 11.3. The van der Waals surface area contributed by atoms with Gasteiger partial charge in [-0.3, -0.25) is 4.79 Å². The Morgan fingerprint density at radius 1 is 0.778 bits per heavy atom. The van der Waals surface area contributed by atoms with Gasteiger partial charge in [-0.2, -0.15) is 0 Å². The van der Waals surface area contributed by atoms with Crippen LogP contribution in [0, 0.1) is 0 Å². The molecular formula is C16H31NO. The van der Waals surface area contributed by atoms with Gasteiger partial charge in [-0.15, -0.1) is 0 Å². The van der Waals surface area contributed by atoms with E-state index in [9.17, 15) is 4.79 Å². The SMILES string of the molecule is CC(=O)NC1(C)CCCCCCCCCCCC1. The molecule has 1 aliphatic carbocycles. The second kappa shape index (κ2) is 8.55. The molecule has 0 atom stereocenters. The maximum Gasteiger partial charge on any atom is 0.217 e. The van der Waals surface area contributed by atoms with Crippen LogP contribution in [0.4, 0.5) is 0 Å². The van der Waals surface area contributed by atoms with Gasteiger partial charge in [-0.25, -0.2) is 0 Å². The monoisotopic (exact) mass is 253 g/mol. The van der Waals surface area contributed by atoms with Crippen molar-refractivity contribution in [3.05, 3.63) is 0 Å². The molecule has 106 valence electrons. The average molecular weight is 253 g/mol. The molecule has 2 heteroatoms. The van der Waals surface area contributed by atoms with Gasteiger partial charge in [-0.05, 0) is 19.8 Å². The third kappa shape index (κ3) is 7.03. The topological polar surface area (TPSA) is 29.1 Å². The highest BCUT2D eigenvalue weighted by Crippen LogP contribution is 2.24. The Kier molecular flexibility index (Phi) is 7.38. The minimum atomic E-state index is 0.0416. The van der Waals surface area contributed by atoms with Crippen LogP contribution in [0.25, 0.3) is 0 Å². The van der Waals surface area contributed by atoms with Gasteiger partial charge in [0.15, 0.2) is 0 Å². The Bertz CT molecular complexity index is 223. The molecule has 18 heavy (non-hydrogen) atoms. The van der Waals surface area contributed by atoms with Crippen LogP contribution < -0.4 is 5.32 Å². The summed E-state index contributed by atoms with van der Waals surface area (Å²) in [4.78, 5) is 11.3. The van der Waals surface area contributed by atoms with Crippen molar-refractivity contribution in [2.45, 2.75) is 96.4 Å². The normalized spacial score (nSPS) is 23.2. The average Bonchev–Trinajstić information content (AvgIpc) is 2.30. The summed E-state index contributed by atoms with van der Waals surface area (Å²) in [7, 11) is 0. The third-order valence-corrected chi connectivity index (χ3v) is 4.18. The van der Waals surface area contributed by atoms with Crippen LogP contribution in [0.15, 0.2) is 0 Å². The Morgan fingerprint density at radius 2 is 1.11 bits per heavy atom. The lowest BCUT2D eigenvalue weighted by atomic mass is 9.88. The number of carbonyl (C=O) groups is 1. The van der Waals surface area contributed by atoms with Crippen LogP contribution in [-0.2, 0) is 4.79 Å². The van der Waals surface area contributed by atoms with Crippen LogP contribution in [0.2, 0.25) is 0 Å². The van der Waals surface area contributed by atoms with Gasteiger partial charge in [0.2, 0.25) is 5.91 Å². The summed E-state index contributed by atoms with van der Waals surface area (Å²) < 4.78 is 0. The zero-order chi connectivity index (χ0) is 13.3. The number of nitrogens with one attached hydrogen (secondary N) is 1. The fourth-order valence-electron chi connectivity index (χ4n) is 3.12. The molecule has 0 aromatic rings. The van der Waals surface area contributed by atoms with Crippen molar-refractivity contribution in [2.75, 3.05) is 0 Å². The third-order valence-electron chi connectivity index (χ3n) is 4.18. The highest BCUT2D eigenvalue weighted by Gasteiger charge is 2.23. The first kappa shape index (κ1) is 15.5. The summed E-state index contributed by atoms with van der Waals surface area (Å²) in [5, 5.41) is 3.19. The minimum absolute atomic E-state index is 0.0416. The number of hydrogen-bond acceptors (Lipinski definition) is 1. The number of carbonyl (C=O) groups excluding carboxylic acids is 1. The van der Waals surface area contributed by atoms with Gasteiger partial charge in [0.1, 0.15) is 0 Å². The van der Waals surface area contributed by atoms with E-state index in [2.05, 4.69) is 12.2 Å². The van der Waals surface area contributed by atoms with E-state index in [4.69, 9.17) is 0 Å². The summed E-state index contributed by atoms with van der Waals surface area (Å²) >= 11 is 0. The molecule has 1 amide bonds. The first-order valence-corrected chi connectivity index (χ1v) is 7.91. The van der Waals surface area contributed by atoms with Gasteiger partial charge >= 0.3 is 0 Å². The van der Waals surface area contributed by atoms with E-state index >= 15 is 0 Å². The van der Waals surface area contributed by atoms with Crippen LogP contribution in [0.5, 0.6) is 0 Å². The molecule has 1 N–H and O–H groups in total. The molecule has 0 radical (unpaired) electrons. The lowest BCUT2D eigenvalue weighted by Gasteiger charge is -2.31. The smallest absolute Gasteiger partial charge is 0.217 e. The lowest BCUT2D eigenvalue weighted by molar-refractivity contribution is -0.120. The van der Waals surface area contributed by atoms with E-state index in [0.29, 0.717) is 0 Å². The first-order valence-electron chi connectivity index (χ1n) is 7.91. The van der Waals surface area contributed by atoms with Crippen molar-refractivity contribution < 1.29 is 4.79 Å². The highest BCUT2D eigenvalue weighted by molar-refractivity contribution is 5.73. The molecule has 0 bridgehead atoms. The first-order chi connectivity index (χ1) is 8.62. The second-order valence-corrected chi connectivity index (χ2v) is 6.28. The zero-order valence-corrected chi connectivity index (χ0v) is 12.4. The number of rotatable bonds is 1. The summed E-state index contributed by atoms with van der Waals surface area (Å²) in [6.45, 7) is 3.88.